The molecule has 0 aliphatic carbocycles. The van der Waals surface area contributed by atoms with Gasteiger partial charge in [-0.05, 0) is 37.9 Å². The van der Waals surface area contributed by atoms with Crippen molar-refractivity contribution in [2.75, 3.05) is 18.4 Å². The van der Waals surface area contributed by atoms with Gasteiger partial charge in [0.25, 0.3) is 0 Å². The maximum Gasteiger partial charge on any atom is 0.229 e. The predicted molar refractivity (Wildman–Crippen MR) is 82.1 cm³/mol. The van der Waals surface area contributed by atoms with Crippen LogP contribution in [0.5, 0.6) is 0 Å². The number of hydrogen-bond acceptors (Lipinski definition) is 5. The number of likely N-dealkylation sites (tertiary alicyclic amines) is 1. The van der Waals surface area contributed by atoms with E-state index in [1.165, 1.54) is 0 Å². The minimum atomic E-state index is -0.0141. The lowest BCUT2D eigenvalue weighted by Crippen LogP contribution is -2.40. The summed E-state index contributed by atoms with van der Waals surface area (Å²) in [4.78, 5) is 18.8. The Kier molecular flexibility index (Phi) is 4.48. The van der Waals surface area contributed by atoms with Crippen LogP contribution in [0.15, 0.2) is 35.1 Å². The summed E-state index contributed by atoms with van der Waals surface area (Å²) in [6, 6.07) is 5.64. The van der Waals surface area contributed by atoms with Crippen molar-refractivity contribution in [2.45, 2.75) is 26.3 Å². The van der Waals surface area contributed by atoms with Gasteiger partial charge in [0.2, 0.25) is 5.91 Å². The molecule has 0 radical (unpaired) electrons. The lowest BCUT2D eigenvalue weighted by atomic mass is 9.97. The third kappa shape index (κ3) is 3.71. The molecule has 1 aliphatic heterocycles. The van der Waals surface area contributed by atoms with Crippen LogP contribution in [0.4, 0.5) is 5.82 Å². The molecule has 3 rings (SSSR count). The summed E-state index contributed by atoms with van der Waals surface area (Å²) < 4.78 is 5.14. The highest BCUT2D eigenvalue weighted by atomic mass is 16.5. The second kappa shape index (κ2) is 6.70. The summed E-state index contributed by atoms with van der Waals surface area (Å²) in [5, 5.41) is 6.62. The molecule has 2 aromatic heterocycles. The minimum absolute atomic E-state index is 0.0141. The molecule has 0 spiro atoms. The van der Waals surface area contributed by atoms with E-state index in [0.29, 0.717) is 12.4 Å². The first-order valence-electron chi connectivity index (χ1n) is 7.56. The highest BCUT2D eigenvalue weighted by Gasteiger charge is 2.26. The first-order valence-corrected chi connectivity index (χ1v) is 7.56. The molecular weight excluding hydrogens is 280 g/mol. The van der Waals surface area contributed by atoms with Crippen LogP contribution in [0.2, 0.25) is 0 Å². The largest absolute Gasteiger partial charge is 0.360 e. The van der Waals surface area contributed by atoms with Crippen molar-refractivity contribution in [3.8, 4) is 0 Å². The molecule has 1 aliphatic rings. The number of piperidine rings is 1. The summed E-state index contributed by atoms with van der Waals surface area (Å²) in [5.41, 5.74) is 1.08. The van der Waals surface area contributed by atoms with Crippen molar-refractivity contribution in [1.82, 2.24) is 15.0 Å². The summed E-state index contributed by atoms with van der Waals surface area (Å²) in [6.07, 6.45) is 5.32. The average Bonchev–Trinajstić information content (AvgIpc) is 3.03. The smallest absolute Gasteiger partial charge is 0.229 e. The van der Waals surface area contributed by atoms with E-state index in [0.717, 1.165) is 37.3 Å². The van der Waals surface area contributed by atoms with Crippen molar-refractivity contribution < 1.29 is 9.32 Å². The first kappa shape index (κ1) is 14.7. The average molecular weight is 300 g/mol. The van der Waals surface area contributed by atoms with Gasteiger partial charge in [0.15, 0.2) is 5.76 Å². The second-order valence-electron chi connectivity index (χ2n) is 5.76. The summed E-state index contributed by atoms with van der Waals surface area (Å²) >= 11 is 0. The van der Waals surface area contributed by atoms with Crippen molar-refractivity contribution in [3.63, 3.8) is 0 Å². The molecule has 1 unspecified atom stereocenters. The Hall–Kier alpha value is -2.21. The fraction of sp³-hybridized carbons (Fsp3) is 0.438. The number of nitrogens with one attached hydrogen (secondary N) is 1. The van der Waals surface area contributed by atoms with Gasteiger partial charge in [-0.15, -0.1) is 0 Å². The van der Waals surface area contributed by atoms with Gasteiger partial charge in [0.1, 0.15) is 5.82 Å². The molecule has 6 heteroatoms. The number of hydrogen-bond donors (Lipinski definition) is 1. The van der Waals surface area contributed by atoms with Crippen LogP contribution in [0.25, 0.3) is 0 Å². The number of aromatic nitrogens is 2. The van der Waals surface area contributed by atoms with Crippen LogP contribution in [0.3, 0.4) is 0 Å². The first-order chi connectivity index (χ1) is 10.7. The summed E-state index contributed by atoms with van der Waals surface area (Å²) in [6.45, 7) is 4.39. The molecule has 1 saturated heterocycles. The molecule has 22 heavy (non-hydrogen) atoms. The Labute approximate surface area is 129 Å². The Morgan fingerprint density at radius 2 is 2.36 bits per heavy atom. The van der Waals surface area contributed by atoms with E-state index >= 15 is 0 Å². The van der Waals surface area contributed by atoms with Gasteiger partial charge in [-0.1, -0.05) is 11.2 Å². The number of aryl methyl sites for hydroxylation is 1. The number of carbonyl (C=O) groups excluding carboxylic acids is 1. The lowest BCUT2D eigenvalue weighted by molar-refractivity contribution is -0.121. The molecule has 3 heterocycles. The normalized spacial score (nSPS) is 19.0. The fourth-order valence-electron chi connectivity index (χ4n) is 2.73. The molecule has 1 fully saturated rings. The van der Waals surface area contributed by atoms with Gasteiger partial charge in [-0.3, -0.25) is 9.69 Å². The van der Waals surface area contributed by atoms with E-state index in [2.05, 4.69) is 20.4 Å². The number of anilines is 1. The van der Waals surface area contributed by atoms with E-state index in [1.807, 2.05) is 25.1 Å². The molecule has 2 aromatic rings. The highest BCUT2D eigenvalue weighted by molar-refractivity contribution is 5.91. The van der Waals surface area contributed by atoms with Crippen LogP contribution in [0, 0.1) is 12.8 Å². The van der Waals surface area contributed by atoms with E-state index < -0.39 is 0 Å². The lowest BCUT2D eigenvalue weighted by Gasteiger charge is -2.31. The van der Waals surface area contributed by atoms with Crippen LogP contribution in [-0.2, 0) is 11.3 Å². The van der Waals surface area contributed by atoms with E-state index in [1.54, 1.807) is 12.4 Å². The highest BCUT2D eigenvalue weighted by Crippen LogP contribution is 2.20. The molecule has 6 nitrogen and oxygen atoms in total. The van der Waals surface area contributed by atoms with Crippen LogP contribution in [0.1, 0.15) is 24.2 Å². The minimum Gasteiger partial charge on any atom is -0.360 e. The van der Waals surface area contributed by atoms with Gasteiger partial charge in [-0.2, -0.15) is 0 Å². The van der Waals surface area contributed by atoms with Crippen LogP contribution >= 0.6 is 0 Å². The molecule has 0 saturated carbocycles. The molecule has 1 N–H and O–H groups in total. The van der Waals surface area contributed by atoms with Gasteiger partial charge in [0, 0.05) is 18.8 Å². The SMILES string of the molecule is Cc1ccc(NC(=O)C2CCCN(Cc3ccno3)C2)nc1. The van der Waals surface area contributed by atoms with Gasteiger partial charge < -0.3 is 9.84 Å². The number of pyridine rings is 1. The summed E-state index contributed by atoms with van der Waals surface area (Å²) in [5.74, 6) is 1.47. The van der Waals surface area contributed by atoms with Gasteiger partial charge >= 0.3 is 0 Å². The Balaban J connectivity index is 1.56. The molecule has 0 aromatic carbocycles. The Bertz CT molecular complexity index is 610. The Morgan fingerprint density at radius 1 is 1.45 bits per heavy atom. The Morgan fingerprint density at radius 3 is 3.09 bits per heavy atom. The van der Waals surface area contributed by atoms with E-state index in [9.17, 15) is 4.79 Å². The zero-order chi connectivity index (χ0) is 15.4. The van der Waals surface area contributed by atoms with Gasteiger partial charge in [0.05, 0.1) is 18.7 Å². The zero-order valence-corrected chi connectivity index (χ0v) is 12.7. The molecule has 116 valence electrons. The van der Waals surface area contributed by atoms with E-state index in [4.69, 9.17) is 4.52 Å². The maximum absolute atomic E-state index is 12.4. The van der Waals surface area contributed by atoms with Crippen molar-refractivity contribution >= 4 is 11.7 Å². The van der Waals surface area contributed by atoms with Crippen LogP contribution in [-0.4, -0.2) is 34.0 Å². The molecular formula is C16H20N4O2. The number of carbonyl (C=O) groups is 1. The number of amides is 1. The second-order valence-corrected chi connectivity index (χ2v) is 5.76. The van der Waals surface area contributed by atoms with E-state index in [-0.39, 0.29) is 11.8 Å². The van der Waals surface area contributed by atoms with Crippen molar-refractivity contribution in [3.05, 3.63) is 41.9 Å². The third-order valence-corrected chi connectivity index (χ3v) is 3.91. The molecule has 1 atom stereocenters. The van der Waals surface area contributed by atoms with Crippen molar-refractivity contribution in [2.24, 2.45) is 5.92 Å². The van der Waals surface area contributed by atoms with Crippen molar-refractivity contribution in [1.29, 1.82) is 0 Å². The van der Waals surface area contributed by atoms with Gasteiger partial charge in [-0.25, -0.2) is 4.98 Å². The molecule has 0 bridgehead atoms. The maximum atomic E-state index is 12.4. The standard InChI is InChI=1S/C16H20N4O2/c1-12-4-5-15(17-9-12)19-16(21)13-3-2-8-20(10-13)11-14-6-7-18-22-14/h4-7,9,13H,2-3,8,10-11H2,1H3,(H,17,19,21). The third-order valence-electron chi connectivity index (χ3n) is 3.91. The van der Waals surface area contributed by atoms with Crippen LogP contribution < -0.4 is 5.32 Å². The quantitative estimate of drug-likeness (QED) is 0.937. The molecule has 1 amide bonds. The summed E-state index contributed by atoms with van der Waals surface area (Å²) in [7, 11) is 0. The zero-order valence-electron chi connectivity index (χ0n) is 12.7. The topological polar surface area (TPSA) is 71.3 Å². The monoisotopic (exact) mass is 300 g/mol. The number of nitrogens with zero attached hydrogens (tertiary/aromatic N) is 3. The predicted octanol–water partition coefficient (Wildman–Crippen LogP) is 2.23. The number of rotatable bonds is 4. The fourth-order valence-corrected chi connectivity index (χ4v) is 2.73.